The number of hydrogen-bond donors (Lipinski definition) is 0. The Morgan fingerprint density at radius 1 is 1.11 bits per heavy atom. The van der Waals surface area contributed by atoms with Gasteiger partial charge >= 0.3 is 0 Å². The third-order valence-corrected chi connectivity index (χ3v) is 6.09. The topological polar surface area (TPSA) is 45.0 Å². The minimum Gasteiger partial charge on any atom is -0.284 e. The predicted molar refractivity (Wildman–Crippen MR) is 119 cm³/mol. The molecule has 1 aliphatic rings. The molecule has 3 rings (SSSR count). The Morgan fingerprint density at radius 3 is 2.57 bits per heavy atom. The molecular formula is C23H27N3OS. The van der Waals surface area contributed by atoms with E-state index in [2.05, 4.69) is 43.1 Å². The largest absolute Gasteiger partial charge is 0.284 e. The number of carbonyl (C=O) groups excluding carboxylic acids is 1. The highest BCUT2D eigenvalue weighted by Crippen LogP contribution is 2.32. The number of amides is 1. The van der Waals surface area contributed by atoms with Crippen molar-refractivity contribution >= 4 is 29.1 Å². The molecule has 4 nitrogen and oxygen atoms in total. The van der Waals surface area contributed by atoms with Crippen molar-refractivity contribution < 1.29 is 4.79 Å². The first-order valence-corrected chi connectivity index (χ1v) is 10.7. The van der Waals surface area contributed by atoms with Crippen LogP contribution in [0.15, 0.2) is 58.7 Å². The number of thioether (sulfide) groups is 1. The molecule has 1 saturated heterocycles. The van der Waals surface area contributed by atoms with Crippen molar-refractivity contribution in [1.82, 2.24) is 4.90 Å². The zero-order chi connectivity index (χ0) is 19.9. The molecule has 2 aromatic carbocycles. The highest BCUT2D eigenvalue weighted by Gasteiger charge is 2.37. The van der Waals surface area contributed by atoms with Crippen molar-refractivity contribution in [2.45, 2.75) is 51.8 Å². The second-order valence-electron chi connectivity index (χ2n) is 7.14. The highest BCUT2D eigenvalue weighted by molar-refractivity contribution is 8.15. The highest BCUT2D eigenvalue weighted by atomic mass is 32.2. The number of unbranched alkanes of at least 4 members (excludes halogenated alkanes) is 1. The zero-order valence-electron chi connectivity index (χ0n) is 16.8. The first kappa shape index (κ1) is 20.3. The summed E-state index contributed by atoms with van der Waals surface area (Å²) in [6.45, 7) is 6.82. The molecule has 1 atom stereocenters. The molecule has 1 aliphatic heterocycles. The van der Waals surface area contributed by atoms with Gasteiger partial charge in [0.25, 0.3) is 0 Å². The van der Waals surface area contributed by atoms with Gasteiger partial charge in [0.15, 0.2) is 5.17 Å². The minimum atomic E-state index is -0.0581. The molecule has 0 aliphatic carbocycles. The maximum atomic E-state index is 13.0. The Balaban J connectivity index is 1.81. The van der Waals surface area contributed by atoms with Crippen LogP contribution >= 0.6 is 11.8 Å². The standard InChI is InChI=1S/C23H27N3OS/c1-4-5-10-21-22(27)26(16-20-9-7-6-8-18(20)3)23(28-21)25-24-15-19-13-11-17(2)12-14-19/h6-9,11-15,21H,4-5,10,16H2,1-3H3/b24-15+,25-23+. The number of nitrogens with zero attached hydrogens (tertiary/aromatic N) is 3. The van der Waals surface area contributed by atoms with Crippen LogP contribution in [0.2, 0.25) is 0 Å². The van der Waals surface area contributed by atoms with Crippen LogP contribution in [-0.4, -0.2) is 27.4 Å². The summed E-state index contributed by atoms with van der Waals surface area (Å²) in [4.78, 5) is 14.8. The summed E-state index contributed by atoms with van der Waals surface area (Å²) in [5.41, 5.74) is 4.53. The van der Waals surface area contributed by atoms with Gasteiger partial charge in [0.1, 0.15) is 0 Å². The van der Waals surface area contributed by atoms with E-state index in [1.165, 1.54) is 11.1 Å². The van der Waals surface area contributed by atoms with Gasteiger partial charge in [-0.25, -0.2) is 0 Å². The summed E-state index contributed by atoms with van der Waals surface area (Å²) >= 11 is 1.54. The lowest BCUT2D eigenvalue weighted by Crippen LogP contribution is -2.31. The van der Waals surface area contributed by atoms with Crippen molar-refractivity contribution in [1.29, 1.82) is 0 Å². The number of aryl methyl sites for hydroxylation is 2. The molecule has 1 heterocycles. The molecular weight excluding hydrogens is 366 g/mol. The summed E-state index contributed by atoms with van der Waals surface area (Å²) in [5, 5.41) is 9.31. The third-order valence-electron chi connectivity index (χ3n) is 4.86. The molecule has 0 aromatic heterocycles. The second-order valence-corrected chi connectivity index (χ2v) is 8.31. The Hall–Kier alpha value is -2.40. The summed E-state index contributed by atoms with van der Waals surface area (Å²) < 4.78 is 0. The average molecular weight is 394 g/mol. The number of benzene rings is 2. The van der Waals surface area contributed by atoms with Gasteiger partial charge in [-0.2, -0.15) is 5.10 Å². The van der Waals surface area contributed by atoms with Crippen LogP contribution in [0.3, 0.4) is 0 Å². The fourth-order valence-corrected chi connectivity index (χ4v) is 4.20. The predicted octanol–water partition coefficient (Wildman–Crippen LogP) is 5.33. The van der Waals surface area contributed by atoms with Crippen LogP contribution in [0.1, 0.15) is 48.4 Å². The van der Waals surface area contributed by atoms with Gasteiger partial charge in [-0.05, 0) is 37.0 Å². The van der Waals surface area contributed by atoms with Crippen LogP contribution in [0.4, 0.5) is 0 Å². The van der Waals surface area contributed by atoms with Crippen LogP contribution in [0.5, 0.6) is 0 Å². The number of hydrogen-bond acceptors (Lipinski definition) is 4. The first-order chi connectivity index (χ1) is 13.6. The lowest BCUT2D eigenvalue weighted by atomic mass is 10.1. The number of amidine groups is 1. The third kappa shape index (κ3) is 5.10. The summed E-state index contributed by atoms with van der Waals surface area (Å²) in [6, 6.07) is 16.3. The van der Waals surface area contributed by atoms with Gasteiger partial charge < -0.3 is 0 Å². The first-order valence-electron chi connectivity index (χ1n) is 9.78. The molecule has 0 bridgehead atoms. The molecule has 146 valence electrons. The lowest BCUT2D eigenvalue weighted by molar-refractivity contribution is -0.126. The molecule has 1 fully saturated rings. The molecule has 1 unspecified atom stereocenters. The SMILES string of the molecule is CCCCC1S/C(=N/N=C/c2ccc(C)cc2)N(Cc2ccccc2C)C1=O. The molecule has 28 heavy (non-hydrogen) atoms. The van der Waals surface area contributed by atoms with E-state index in [-0.39, 0.29) is 11.2 Å². The molecule has 0 N–H and O–H groups in total. The van der Waals surface area contributed by atoms with Crippen molar-refractivity contribution in [2.75, 3.05) is 0 Å². The van der Waals surface area contributed by atoms with Crippen LogP contribution < -0.4 is 0 Å². The minimum absolute atomic E-state index is 0.0581. The average Bonchev–Trinajstić information content (AvgIpc) is 2.98. The molecule has 0 spiro atoms. The van der Waals surface area contributed by atoms with E-state index in [4.69, 9.17) is 0 Å². The Labute approximate surface area is 171 Å². The lowest BCUT2D eigenvalue weighted by Gasteiger charge is -2.17. The Kier molecular flexibility index (Phi) is 7.04. The monoisotopic (exact) mass is 393 g/mol. The molecule has 0 saturated carbocycles. The summed E-state index contributed by atoms with van der Waals surface area (Å²) in [6.07, 6.45) is 4.75. The van der Waals surface area contributed by atoms with E-state index < -0.39 is 0 Å². The summed E-state index contributed by atoms with van der Waals surface area (Å²) in [5.74, 6) is 0.144. The van der Waals surface area contributed by atoms with Crippen molar-refractivity contribution in [3.8, 4) is 0 Å². The summed E-state index contributed by atoms with van der Waals surface area (Å²) in [7, 11) is 0. The maximum absolute atomic E-state index is 13.0. The van der Waals surface area contributed by atoms with Crippen molar-refractivity contribution in [2.24, 2.45) is 10.2 Å². The van der Waals surface area contributed by atoms with E-state index in [0.717, 1.165) is 30.4 Å². The Morgan fingerprint density at radius 2 is 1.86 bits per heavy atom. The molecule has 1 amide bonds. The van der Waals surface area contributed by atoms with Gasteiger partial charge in [-0.15, -0.1) is 5.10 Å². The van der Waals surface area contributed by atoms with E-state index in [0.29, 0.717) is 11.7 Å². The number of rotatable bonds is 7. The fraction of sp³-hybridized carbons (Fsp3) is 0.348. The van der Waals surface area contributed by atoms with Gasteiger partial charge in [0, 0.05) is 0 Å². The normalized spacial score (nSPS) is 18.5. The Bertz CT molecular complexity index is 874. The molecule has 5 heteroatoms. The van der Waals surface area contributed by atoms with Crippen molar-refractivity contribution in [3.05, 3.63) is 70.8 Å². The van der Waals surface area contributed by atoms with Crippen LogP contribution in [-0.2, 0) is 11.3 Å². The fourth-order valence-electron chi connectivity index (χ4n) is 3.06. The van der Waals surface area contributed by atoms with Gasteiger partial charge in [0.2, 0.25) is 5.91 Å². The van der Waals surface area contributed by atoms with E-state index in [9.17, 15) is 4.79 Å². The van der Waals surface area contributed by atoms with Crippen LogP contribution in [0, 0.1) is 13.8 Å². The van der Waals surface area contributed by atoms with Gasteiger partial charge in [-0.1, -0.05) is 85.6 Å². The van der Waals surface area contributed by atoms with E-state index in [1.54, 1.807) is 22.9 Å². The van der Waals surface area contributed by atoms with Crippen LogP contribution in [0.25, 0.3) is 0 Å². The van der Waals surface area contributed by atoms with Crippen molar-refractivity contribution in [3.63, 3.8) is 0 Å². The zero-order valence-corrected chi connectivity index (χ0v) is 17.6. The molecule has 0 radical (unpaired) electrons. The van der Waals surface area contributed by atoms with Gasteiger partial charge in [0.05, 0.1) is 18.0 Å². The number of carbonyl (C=O) groups is 1. The molecule has 2 aromatic rings. The maximum Gasteiger partial charge on any atom is 0.242 e. The quantitative estimate of drug-likeness (QED) is 0.471. The van der Waals surface area contributed by atoms with Gasteiger partial charge in [-0.3, -0.25) is 9.69 Å². The second kappa shape index (κ2) is 9.69. The smallest absolute Gasteiger partial charge is 0.242 e. The van der Waals surface area contributed by atoms with E-state index >= 15 is 0 Å². The van der Waals surface area contributed by atoms with E-state index in [1.807, 2.05) is 36.4 Å².